The van der Waals surface area contributed by atoms with Crippen LogP contribution in [-0.2, 0) is 6.54 Å². The highest BCUT2D eigenvalue weighted by atomic mass is 16.2. The topological polar surface area (TPSA) is 83.4 Å². The molecule has 4 rings (SSSR count). The number of imide groups is 1. The van der Waals surface area contributed by atoms with Crippen LogP contribution in [0.3, 0.4) is 0 Å². The molecule has 2 aliphatic rings. The van der Waals surface area contributed by atoms with Crippen molar-refractivity contribution in [2.75, 3.05) is 19.6 Å². The fraction of sp³-hybridized carbons (Fsp3) is 0.474. The quantitative estimate of drug-likeness (QED) is 0.878. The van der Waals surface area contributed by atoms with Gasteiger partial charge in [-0.3, -0.25) is 9.67 Å². The van der Waals surface area contributed by atoms with E-state index in [9.17, 15) is 9.59 Å². The first-order valence-corrected chi connectivity index (χ1v) is 9.52. The molecule has 1 N–H and O–H groups in total. The molecule has 0 unspecified atom stereocenters. The van der Waals surface area contributed by atoms with E-state index in [0.717, 1.165) is 36.9 Å². The lowest BCUT2D eigenvalue weighted by molar-refractivity contribution is 0.142. The second kappa shape index (κ2) is 7.77. The highest BCUT2D eigenvalue weighted by Gasteiger charge is 2.34. The Morgan fingerprint density at radius 2 is 2.00 bits per heavy atom. The molecule has 2 aromatic rings. The smallest absolute Gasteiger partial charge is 0.328 e. The zero-order valence-electron chi connectivity index (χ0n) is 15.3. The maximum atomic E-state index is 12.9. The Kier molecular flexibility index (Phi) is 5.04. The van der Waals surface area contributed by atoms with Gasteiger partial charge in [0.25, 0.3) is 0 Å². The van der Waals surface area contributed by atoms with Gasteiger partial charge >= 0.3 is 12.1 Å². The van der Waals surface area contributed by atoms with Crippen LogP contribution in [0.2, 0.25) is 0 Å². The summed E-state index contributed by atoms with van der Waals surface area (Å²) in [5, 5.41) is 7.32. The maximum Gasteiger partial charge on any atom is 0.328 e. The van der Waals surface area contributed by atoms with Crippen LogP contribution in [0.15, 0.2) is 36.8 Å². The van der Waals surface area contributed by atoms with E-state index in [4.69, 9.17) is 0 Å². The first-order chi connectivity index (χ1) is 13.2. The third-order valence-electron chi connectivity index (χ3n) is 5.29. The molecule has 4 amide bonds. The van der Waals surface area contributed by atoms with Crippen LogP contribution in [0.4, 0.5) is 9.59 Å². The van der Waals surface area contributed by atoms with E-state index in [-0.39, 0.29) is 18.1 Å². The summed E-state index contributed by atoms with van der Waals surface area (Å²) in [6.45, 7) is 2.11. The number of aromatic nitrogens is 3. The lowest BCUT2D eigenvalue weighted by Crippen LogP contribution is -2.49. The zero-order chi connectivity index (χ0) is 18.6. The zero-order valence-corrected chi connectivity index (χ0v) is 15.3. The van der Waals surface area contributed by atoms with Crippen LogP contribution < -0.4 is 5.32 Å². The molecule has 0 atom stereocenters. The van der Waals surface area contributed by atoms with Gasteiger partial charge in [-0.2, -0.15) is 5.10 Å². The van der Waals surface area contributed by atoms with E-state index < -0.39 is 0 Å². The molecule has 8 nitrogen and oxygen atoms in total. The third kappa shape index (κ3) is 3.79. The van der Waals surface area contributed by atoms with Gasteiger partial charge in [-0.25, -0.2) is 14.5 Å². The summed E-state index contributed by atoms with van der Waals surface area (Å²) in [7, 11) is 0. The van der Waals surface area contributed by atoms with Gasteiger partial charge in [-0.15, -0.1) is 0 Å². The minimum absolute atomic E-state index is 0.182. The fourth-order valence-corrected chi connectivity index (χ4v) is 3.83. The Balaban J connectivity index is 1.45. The average Bonchev–Trinajstić information content (AvgIpc) is 3.44. The summed E-state index contributed by atoms with van der Waals surface area (Å²) in [4.78, 5) is 32.1. The molecule has 8 heteroatoms. The van der Waals surface area contributed by atoms with Crippen molar-refractivity contribution >= 4 is 12.1 Å². The number of amides is 4. The van der Waals surface area contributed by atoms with Crippen molar-refractivity contribution in [3.05, 3.63) is 36.8 Å². The van der Waals surface area contributed by atoms with Crippen molar-refractivity contribution in [2.45, 2.75) is 38.3 Å². The van der Waals surface area contributed by atoms with Crippen molar-refractivity contribution in [3.63, 3.8) is 0 Å². The molecule has 1 aliphatic carbocycles. The van der Waals surface area contributed by atoms with E-state index in [1.807, 2.05) is 34.0 Å². The van der Waals surface area contributed by atoms with Crippen molar-refractivity contribution in [3.8, 4) is 11.3 Å². The molecule has 1 aliphatic heterocycles. The lowest BCUT2D eigenvalue weighted by atomic mass is 10.2. The van der Waals surface area contributed by atoms with Crippen molar-refractivity contribution in [1.82, 2.24) is 29.9 Å². The standard InChI is InChI=1S/C19H24N6O2/c26-18-21-10-12-25(18)19(27)24(16-3-1-2-4-16)14-13-23-11-7-17(22-23)15-5-8-20-9-6-15/h5-9,11,16H,1-4,10,12-14H2,(H,21,26). The second-order valence-electron chi connectivity index (χ2n) is 7.00. The highest BCUT2D eigenvalue weighted by Crippen LogP contribution is 2.25. The summed E-state index contributed by atoms with van der Waals surface area (Å²) in [5.74, 6) is 0. The molecule has 2 aromatic heterocycles. The first kappa shape index (κ1) is 17.5. The Bertz CT molecular complexity index is 800. The molecule has 142 valence electrons. The Hall–Kier alpha value is -2.90. The van der Waals surface area contributed by atoms with Gasteiger partial charge in [-0.05, 0) is 31.0 Å². The normalized spacial score (nSPS) is 17.3. The van der Waals surface area contributed by atoms with E-state index in [0.29, 0.717) is 26.2 Å². The van der Waals surface area contributed by atoms with Crippen molar-refractivity contribution < 1.29 is 9.59 Å². The minimum Gasteiger partial charge on any atom is -0.336 e. The number of hydrogen-bond donors (Lipinski definition) is 1. The van der Waals surface area contributed by atoms with Crippen LogP contribution in [-0.4, -0.2) is 62.3 Å². The third-order valence-corrected chi connectivity index (χ3v) is 5.29. The fourth-order valence-electron chi connectivity index (χ4n) is 3.83. The van der Waals surface area contributed by atoms with E-state index in [2.05, 4.69) is 15.4 Å². The lowest BCUT2D eigenvalue weighted by Gasteiger charge is -2.31. The van der Waals surface area contributed by atoms with Crippen LogP contribution in [0.5, 0.6) is 0 Å². The number of nitrogens with one attached hydrogen (secondary N) is 1. The largest absolute Gasteiger partial charge is 0.336 e. The Labute approximate surface area is 158 Å². The van der Waals surface area contributed by atoms with Gasteiger partial charge in [-0.1, -0.05) is 12.8 Å². The Morgan fingerprint density at radius 3 is 2.70 bits per heavy atom. The van der Waals surface area contributed by atoms with Crippen LogP contribution in [0.25, 0.3) is 11.3 Å². The molecule has 3 heterocycles. The molecule has 2 fully saturated rings. The molecule has 27 heavy (non-hydrogen) atoms. The number of hydrogen-bond acceptors (Lipinski definition) is 4. The van der Waals surface area contributed by atoms with Gasteiger partial charge in [0.15, 0.2) is 0 Å². The minimum atomic E-state index is -0.290. The van der Waals surface area contributed by atoms with Gasteiger partial charge < -0.3 is 10.2 Å². The number of carbonyl (C=O) groups excluding carboxylic acids is 2. The first-order valence-electron chi connectivity index (χ1n) is 9.52. The summed E-state index contributed by atoms with van der Waals surface area (Å²) >= 11 is 0. The monoisotopic (exact) mass is 368 g/mol. The second-order valence-corrected chi connectivity index (χ2v) is 7.00. The van der Waals surface area contributed by atoms with Crippen LogP contribution in [0, 0.1) is 0 Å². The van der Waals surface area contributed by atoms with Crippen LogP contribution in [0.1, 0.15) is 25.7 Å². The summed E-state index contributed by atoms with van der Waals surface area (Å²) in [6, 6.07) is 5.55. The number of rotatable bonds is 5. The molecule has 1 saturated carbocycles. The molecule has 0 aromatic carbocycles. The van der Waals surface area contributed by atoms with Gasteiger partial charge in [0.2, 0.25) is 0 Å². The number of urea groups is 2. The average molecular weight is 368 g/mol. The van der Waals surface area contributed by atoms with Gasteiger partial charge in [0, 0.05) is 49.8 Å². The predicted octanol–water partition coefficient (Wildman–Crippen LogP) is 2.33. The molecular weight excluding hydrogens is 344 g/mol. The number of pyridine rings is 1. The van der Waals surface area contributed by atoms with E-state index in [1.54, 1.807) is 12.4 Å². The summed E-state index contributed by atoms with van der Waals surface area (Å²) in [5.41, 5.74) is 1.90. The van der Waals surface area contributed by atoms with Crippen LogP contribution >= 0.6 is 0 Å². The Morgan fingerprint density at radius 1 is 1.22 bits per heavy atom. The summed E-state index contributed by atoms with van der Waals surface area (Å²) < 4.78 is 1.86. The van der Waals surface area contributed by atoms with Gasteiger partial charge in [0.05, 0.1) is 12.2 Å². The van der Waals surface area contributed by atoms with Crippen molar-refractivity contribution in [1.29, 1.82) is 0 Å². The SMILES string of the molecule is O=C1NCCN1C(=O)N(CCn1ccc(-c2ccncc2)n1)C1CCCC1. The molecule has 0 radical (unpaired) electrons. The molecular formula is C19H24N6O2. The predicted molar refractivity (Wildman–Crippen MR) is 99.9 cm³/mol. The number of nitrogens with zero attached hydrogens (tertiary/aromatic N) is 5. The van der Waals surface area contributed by atoms with Gasteiger partial charge in [0.1, 0.15) is 0 Å². The highest BCUT2D eigenvalue weighted by molar-refractivity contribution is 5.95. The van der Waals surface area contributed by atoms with E-state index >= 15 is 0 Å². The maximum absolute atomic E-state index is 12.9. The molecule has 0 spiro atoms. The van der Waals surface area contributed by atoms with Crippen molar-refractivity contribution in [2.24, 2.45) is 0 Å². The number of carbonyl (C=O) groups is 2. The molecule has 1 saturated heterocycles. The molecule has 0 bridgehead atoms. The summed E-state index contributed by atoms with van der Waals surface area (Å²) in [6.07, 6.45) is 9.69. The van der Waals surface area contributed by atoms with E-state index in [1.165, 1.54) is 4.90 Å².